The second-order valence-electron chi connectivity index (χ2n) is 9.77. The third kappa shape index (κ3) is 4.96. The molecule has 0 bridgehead atoms. The Morgan fingerprint density at radius 1 is 1.05 bits per heavy atom. The maximum atomic E-state index is 13.7. The van der Waals surface area contributed by atoms with E-state index in [2.05, 4.69) is 5.32 Å². The lowest BCUT2D eigenvalue weighted by Crippen LogP contribution is -2.43. The number of halogens is 1. The smallest absolute Gasteiger partial charge is 0.240 e. The molecule has 1 aromatic heterocycles. The van der Waals surface area contributed by atoms with E-state index in [1.54, 1.807) is 4.90 Å². The molecule has 1 aliphatic heterocycles. The van der Waals surface area contributed by atoms with Crippen LogP contribution < -0.4 is 10.2 Å². The summed E-state index contributed by atoms with van der Waals surface area (Å²) < 4.78 is 1.82. The maximum absolute atomic E-state index is 13.7. The molecule has 2 aliphatic rings. The highest BCUT2D eigenvalue weighted by molar-refractivity contribution is 8.00. The minimum atomic E-state index is -0.210. The van der Waals surface area contributed by atoms with Crippen LogP contribution in [0.15, 0.2) is 78.9 Å². The van der Waals surface area contributed by atoms with Crippen LogP contribution >= 0.6 is 23.4 Å². The van der Waals surface area contributed by atoms with E-state index in [1.165, 1.54) is 11.8 Å². The van der Waals surface area contributed by atoms with Crippen molar-refractivity contribution in [3.05, 3.63) is 101 Å². The van der Waals surface area contributed by atoms with Gasteiger partial charge in [-0.3, -0.25) is 14.5 Å². The van der Waals surface area contributed by atoms with Crippen molar-refractivity contribution in [1.82, 2.24) is 15.1 Å². The molecule has 38 heavy (non-hydrogen) atoms. The van der Waals surface area contributed by atoms with Crippen molar-refractivity contribution in [2.45, 2.75) is 31.1 Å². The Kier molecular flexibility index (Phi) is 6.72. The van der Waals surface area contributed by atoms with Gasteiger partial charge in [-0.15, -0.1) is 11.8 Å². The standard InChI is InChI=1S/C30H27ClN4O2S/c1-19-10-14-24(15-11-19)35-30-27(28(33-35)20-6-3-2-4-7-20)29(21-8-5-9-22(31)16-21)38-18-26(37)34(30)17-25(36)32-23-12-13-23/h2-11,14-16,23,29H,12-13,17-18H2,1H3,(H,32,36)/t29-/m1/s1. The van der Waals surface area contributed by atoms with E-state index in [1.807, 2.05) is 90.5 Å². The van der Waals surface area contributed by atoms with Crippen LogP contribution in [0.3, 0.4) is 0 Å². The second kappa shape index (κ2) is 10.3. The van der Waals surface area contributed by atoms with Crippen LogP contribution in [0.4, 0.5) is 5.82 Å². The fourth-order valence-electron chi connectivity index (χ4n) is 4.77. The Hall–Kier alpha value is -3.55. The van der Waals surface area contributed by atoms with Crippen molar-refractivity contribution >= 4 is 41.0 Å². The van der Waals surface area contributed by atoms with Crippen molar-refractivity contribution in [2.24, 2.45) is 0 Å². The van der Waals surface area contributed by atoms with Gasteiger partial charge in [-0.1, -0.05) is 71.8 Å². The van der Waals surface area contributed by atoms with Gasteiger partial charge in [0.05, 0.1) is 22.4 Å². The van der Waals surface area contributed by atoms with Crippen molar-refractivity contribution in [2.75, 3.05) is 17.2 Å². The van der Waals surface area contributed by atoms with E-state index in [9.17, 15) is 9.59 Å². The highest BCUT2D eigenvalue weighted by atomic mass is 35.5. The molecule has 1 N–H and O–H groups in total. The van der Waals surface area contributed by atoms with Gasteiger partial charge in [-0.25, -0.2) is 4.68 Å². The van der Waals surface area contributed by atoms with Gasteiger partial charge < -0.3 is 5.32 Å². The molecule has 2 amide bonds. The number of hydrogen-bond donors (Lipinski definition) is 1. The lowest BCUT2D eigenvalue weighted by molar-refractivity contribution is -0.123. The molecule has 0 unspecified atom stereocenters. The third-order valence-corrected chi connectivity index (χ3v) is 8.30. The van der Waals surface area contributed by atoms with Gasteiger partial charge in [0.1, 0.15) is 12.4 Å². The molecule has 2 heterocycles. The van der Waals surface area contributed by atoms with Crippen LogP contribution in [-0.4, -0.2) is 39.9 Å². The molecular formula is C30H27ClN4O2S. The number of anilines is 1. The van der Waals surface area contributed by atoms with Crippen molar-refractivity contribution in [1.29, 1.82) is 0 Å². The highest BCUT2D eigenvalue weighted by Crippen LogP contribution is 2.48. The van der Waals surface area contributed by atoms with E-state index < -0.39 is 0 Å². The van der Waals surface area contributed by atoms with Gasteiger partial charge in [-0.2, -0.15) is 5.10 Å². The number of aryl methyl sites for hydroxylation is 1. The van der Waals surface area contributed by atoms with E-state index in [4.69, 9.17) is 16.7 Å². The summed E-state index contributed by atoms with van der Waals surface area (Å²) in [5.41, 5.74) is 5.56. The molecule has 4 aromatic rings. The molecular weight excluding hydrogens is 516 g/mol. The van der Waals surface area contributed by atoms with Crippen LogP contribution in [0.25, 0.3) is 16.9 Å². The summed E-state index contributed by atoms with van der Waals surface area (Å²) in [5.74, 6) is 0.569. The first-order chi connectivity index (χ1) is 18.5. The molecule has 1 atom stereocenters. The number of carbonyl (C=O) groups is 2. The fraction of sp³-hybridized carbons (Fsp3) is 0.233. The van der Waals surface area contributed by atoms with Crippen molar-refractivity contribution in [3.8, 4) is 16.9 Å². The molecule has 6 nitrogen and oxygen atoms in total. The molecule has 1 aliphatic carbocycles. The molecule has 1 saturated carbocycles. The molecule has 0 saturated heterocycles. The first-order valence-corrected chi connectivity index (χ1v) is 14.1. The second-order valence-corrected chi connectivity index (χ2v) is 11.3. The van der Waals surface area contributed by atoms with E-state index in [0.29, 0.717) is 10.8 Å². The third-order valence-electron chi connectivity index (χ3n) is 6.81. The van der Waals surface area contributed by atoms with Crippen LogP contribution in [0.1, 0.15) is 34.8 Å². The lowest BCUT2D eigenvalue weighted by atomic mass is 9.99. The van der Waals surface area contributed by atoms with E-state index in [-0.39, 0.29) is 35.4 Å². The van der Waals surface area contributed by atoms with Gasteiger partial charge in [-0.05, 0) is 49.6 Å². The number of carbonyl (C=O) groups excluding carboxylic acids is 2. The minimum absolute atomic E-state index is 0.0586. The molecule has 1 fully saturated rings. The quantitative estimate of drug-likeness (QED) is 0.327. The number of amides is 2. The molecule has 6 rings (SSSR count). The molecule has 0 spiro atoms. The van der Waals surface area contributed by atoms with Crippen LogP contribution in [0.2, 0.25) is 5.02 Å². The average molecular weight is 543 g/mol. The fourth-order valence-corrected chi connectivity index (χ4v) is 6.16. The zero-order chi connectivity index (χ0) is 26.2. The topological polar surface area (TPSA) is 67.2 Å². The maximum Gasteiger partial charge on any atom is 0.240 e. The van der Waals surface area contributed by atoms with Gasteiger partial charge >= 0.3 is 0 Å². The summed E-state index contributed by atoms with van der Waals surface area (Å²) in [6.07, 6.45) is 1.97. The molecule has 8 heteroatoms. The Morgan fingerprint density at radius 3 is 2.53 bits per heavy atom. The minimum Gasteiger partial charge on any atom is -0.352 e. The number of fused-ring (bicyclic) bond motifs is 1. The summed E-state index contributed by atoms with van der Waals surface area (Å²) >= 11 is 7.96. The first-order valence-electron chi connectivity index (χ1n) is 12.7. The number of nitrogens with zero attached hydrogens (tertiary/aromatic N) is 3. The number of hydrogen-bond acceptors (Lipinski definition) is 4. The van der Waals surface area contributed by atoms with Gasteiger partial charge in [0, 0.05) is 22.2 Å². The number of thioether (sulfide) groups is 1. The predicted molar refractivity (Wildman–Crippen MR) is 153 cm³/mol. The number of aromatic nitrogens is 2. The average Bonchev–Trinajstić information content (AvgIpc) is 3.67. The highest BCUT2D eigenvalue weighted by Gasteiger charge is 2.38. The Balaban J connectivity index is 1.60. The number of benzene rings is 3. The Labute approximate surface area is 231 Å². The van der Waals surface area contributed by atoms with Crippen molar-refractivity contribution in [3.63, 3.8) is 0 Å². The van der Waals surface area contributed by atoms with Crippen molar-refractivity contribution < 1.29 is 9.59 Å². The summed E-state index contributed by atoms with van der Waals surface area (Å²) in [7, 11) is 0. The monoisotopic (exact) mass is 542 g/mol. The molecule has 3 aromatic carbocycles. The number of nitrogens with one attached hydrogen (secondary N) is 1. The van der Waals surface area contributed by atoms with Gasteiger partial charge in [0.2, 0.25) is 11.8 Å². The summed E-state index contributed by atoms with van der Waals surface area (Å²) in [6.45, 7) is 1.98. The van der Waals surface area contributed by atoms with Crippen LogP contribution in [0, 0.1) is 6.92 Å². The zero-order valence-electron chi connectivity index (χ0n) is 20.9. The van der Waals surface area contributed by atoms with E-state index in [0.717, 1.165) is 46.5 Å². The SMILES string of the molecule is Cc1ccc(-n2nc(-c3ccccc3)c3c2N(CC(=O)NC2CC2)C(=O)CS[C@@H]3c2cccc(Cl)c2)cc1. The van der Waals surface area contributed by atoms with Crippen LogP contribution in [0.5, 0.6) is 0 Å². The zero-order valence-corrected chi connectivity index (χ0v) is 22.5. The normalized spacial score (nSPS) is 17.2. The van der Waals surface area contributed by atoms with Gasteiger partial charge in [0.25, 0.3) is 0 Å². The number of rotatable bonds is 6. The van der Waals surface area contributed by atoms with Gasteiger partial charge in [0.15, 0.2) is 0 Å². The lowest BCUT2D eigenvalue weighted by Gasteiger charge is -2.23. The Bertz CT molecular complexity index is 1500. The molecule has 0 radical (unpaired) electrons. The largest absolute Gasteiger partial charge is 0.352 e. The predicted octanol–water partition coefficient (Wildman–Crippen LogP) is 5.95. The molecule has 192 valence electrons. The van der Waals surface area contributed by atoms with E-state index >= 15 is 0 Å². The summed E-state index contributed by atoms with van der Waals surface area (Å²) in [6, 6.07) is 26.0. The first kappa shape index (κ1) is 24.8. The summed E-state index contributed by atoms with van der Waals surface area (Å²) in [4.78, 5) is 28.3. The summed E-state index contributed by atoms with van der Waals surface area (Å²) in [5, 5.41) is 8.58. The van der Waals surface area contributed by atoms with Crippen LogP contribution in [-0.2, 0) is 9.59 Å². The Morgan fingerprint density at radius 2 is 1.82 bits per heavy atom.